The van der Waals surface area contributed by atoms with E-state index in [2.05, 4.69) is 15.6 Å². The van der Waals surface area contributed by atoms with Crippen LogP contribution in [0.1, 0.15) is 25.0 Å². The monoisotopic (exact) mass is 401 g/mol. The first-order valence-electron chi connectivity index (χ1n) is 9.68. The first-order valence-corrected chi connectivity index (χ1v) is 9.68. The number of benzene rings is 2. The smallest absolute Gasteiger partial charge is 0.203 e. The fourth-order valence-electron chi connectivity index (χ4n) is 2.86. The lowest BCUT2D eigenvalue weighted by Crippen LogP contribution is -2.36. The highest BCUT2D eigenvalue weighted by molar-refractivity contribution is 5.79. The standard InChI is InChI=1S/C22H31N3O4/c1-6-23-22(25-15-17-10-8-9-11-18(17)29-7-2)24-14-16-12-19(26-3)21(28-5)20(13-16)27-4/h8-13H,6-7,14-15H2,1-5H3,(H2,23,24,25). The molecule has 0 saturated carbocycles. The number of guanidine groups is 1. The molecule has 0 saturated heterocycles. The van der Waals surface area contributed by atoms with Gasteiger partial charge < -0.3 is 29.6 Å². The number of hydrogen-bond donors (Lipinski definition) is 2. The Hall–Kier alpha value is -3.09. The van der Waals surface area contributed by atoms with Crippen LogP contribution in [0.3, 0.4) is 0 Å². The van der Waals surface area contributed by atoms with E-state index < -0.39 is 0 Å². The molecule has 2 aromatic carbocycles. The van der Waals surface area contributed by atoms with Gasteiger partial charge in [0.2, 0.25) is 5.75 Å². The molecule has 0 amide bonds. The fraction of sp³-hybridized carbons (Fsp3) is 0.409. The maximum atomic E-state index is 5.69. The normalized spacial score (nSPS) is 11.0. The zero-order valence-corrected chi connectivity index (χ0v) is 17.9. The van der Waals surface area contributed by atoms with Crippen LogP contribution in [-0.2, 0) is 13.1 Å². The van der Waals surface area contributed by atoms with E-state index in [1.165, 1.54) is 0 Å². The highest BCUT2D eigenvalue weighted by atomic mass is 16.5. The second-order valence-electron chi connectivity index (χ2n) is 6.12. The van der Waals surface area contributed by atoms with Gasteiger partial charge >= 0.3 is 0 Å². The number of nitrogens with zero attached hydrogens (tertiary/aromatic N) is 1. The molecule has 0 fully saturated rings. The largest absolute Gasteiger partial charge is 0.494 e. The molecule has 2 aromatic rings. The minimum atomic E-state index is 0.457. The van der Waals surface area contributed by atoms with E-state index >= 15 is 0 Å². The minimum Gasteiger partial charge on any atom is -0.494 e. The van der Waals surface area contributed by atoms with Crippen LogP contribution in [0.25, 0.3) is 0 Å². The number of aliphatic imine (C=N–C) groups is 1. The summed E-state index contributed by atoms with van der Waals surface area (Å²) in [6.45, 7) is 6.47. The van der Waals surface area contributed by atoms with Crippen molar-refractivity contribution in [2.24, 2.45) is 4.99 Å². The van der Waals surface area contributed by atoms with Gasteiger partial charge in [0.15, 0.2) is 17.5 Å². The average Bonchev–Trinajstić information content (AvgIpc) is 2.75. The van der Waals surface area contributed by atoms with Gasteiger partial charge in [-0.1, -0.05) is 18.2 Å². The van der Waals surface area contributed by atoms with Gasteiger partial charge in [-0.25, -0.2) is 4.99 Å². The third-order valence-corrected chi connectivity index (χ3v) is 4.21. The van der Waals surface area contributed by atoms with Gasteiger partial charge in [-0.15, -0.1) is 0 Å². The molecule has 0 aliphatic rings. The van der Waals surface area contributed by atoms with Crippen molar-refractivity contribution < 1.29 is 18.9 Å². The quantitative estimate of drug-likeness (QED) is 0.470. The number of rotatable bonds is 10. The van der Waals surface area contributed by atoms with Crippen LogP contribution in [0.5, 0.6) is 23.0 Å². The summed E-state index contributed by atoms with van der Waals surface area (Å²) in [6, 6.07) is 11.8. The number of hydrogen-bond acceptors (Lipinski definition) is 5. The summed E-state index contributed by atoms with van der Waals surface area (Å²) in [5.41, 5.74) is 2.03. The second-order valence-corrected chi connectivity index (χ2v) is 6.12. The number of ether oxygens (including phenoxy) is 4. The molecule has 0 bridgehead atoms. The van der Waals surface area contributed by atoms with Gasteiger partial charge in [-0.05, 0) is 37.6 Å². The Morgan fingerprint density at radius 2 is 1.59 bits per heavy atom. The highest BCUT2D eigenvalue weighted by Gasteiger charge is 2.13. The van der Waals surface area contributed by atoms with Gasteiger partial charge in [0.25, 0.3) is 0 Å². The van der Waals surface area contributed by atoms with Crippen LogP contribution in [0, 0.1) is 0 Å². The van der Waals surface area contributed by atoms with Crippen molar-refractivity contribution in [1.29, 1.82) is 0 Å². The summed E-state index contributed by atoms with van der Waals surface area (Å²) in [6.07, 6.45) is 0. The molecule has 0 atom stereocenters. The molecular weight excluding hydrogens is 370 g/mol. The van der Waals surface area contributed by atoms with Crippen molar-refractivity contribution in [3.8, 4) is 23.0 Å². The van der Waals surface area contributed by atoms with E-state index in [4.69, 9.17) is 18.9 Å². The van der Waals surface area contributed by atoms with Crippen LogP contribution < -0.4 is 29.6 Å². The van der Waals surface area contributed by atoms with E-state index in [0.717, 1.165) is 23.4 Å². The third kappa shape index (κ3) is 6.20. The molecule has 29 heavy (non-hydrogen) atoms. The van der Waals surface area contributed by atoms with Crippen molar-refractivity contribution in [2.75, 3.05) is 34.5 Å². The zero-order chi connectivity index (χ0) is 21.1. The van der Waals surface area contributed by atoms with E-state index in [-0.39, 0.29) is 0 Å². The van der Waals surface area contributed by atoms with Crippen molar-refractivity contribution in [3.05, 3.63) is 47.5 Å². The Balaban J connectivity index is 2.15. The van der Waals surface area contributed by atoms with Crippen molar-refractivity contribution in [1.82, 2.24) is 10.6 Å². The lowest BCUT2D eigenvalue weighted by molar-refractivity contribution is 0.324. The highest BCUT2D eigenvalue weighted by Crippen LogP contribution is 2.38. The number of para-hydroxylation sites is 1. The number of nitrogens with one attached hydrogen (secondary N) is 2. The lowest BCUT2D eigenvalue weighted by atomic mass is 10.2. The minimum absolute atomic E-state index is 0.457. The van der Waals surface area contributed by atoms with Crippen LogP contribution in [0.4, 0.5) is 0 Å². The summed E-state index contributed by atoms with van der Waals surface area (Å²) in [4.78, 5) is 4.68. The van der Waals surface area contributed by atoms with Gasteiger partial charge in [-0.3, -0.25) is 0 Å². The molecule has 7 heteroatoms. The average molecular weight is 402 g/mol. The van der Waals surface area contributed by atoms with Crippen molar-refractivity contribution >= 4 is 5.96 Å². The van der Waals surface area contributed by atoms with Gasteiger partial charge in [0.05, 0.1) is 34.5 Å². The molecule has 2 rings (SSSR count). The topological polar surface area (TPSA) is 73.3 Å². The molecule has 0 radical (unpaired) electrons. The molecule has 7 nitrogen and oxygen atoms in total. The van der Waals surface area contributed by atoms with Gasteiger partial charge in [-0.2, -0.15) is 0 Å². The van der Waals surface area contributed by atoms with E-state index in [1.54, 1.807) is 21.3 Å². The molecule has 2 N–H and O–H groups in total. The summed E-state index contributed by atoms with van der Waals surface area (Å²) in [5, 5.41) is 6.62. The predicted octanol–water partition coefficient (Wildman–Crippen LogP) is 3.37. The molecular formula is C22H31N3O4. The second kappa shape index (κ2) is 11.7. The molecule has 0 unspecified atom stereocenters. The maximum Gasteiger partial charge on any atom is 0.203 e. The molecule has 0 aliphatic heterocycles. The Morgan fingerprint density at radius 3 is 2.17 bits per heavy atom. The Kier molecular flexibility index (Phi) is 8.95. The Bertz CT molecular complexity index is 783. The van der Waals surface area contributed by atoms with Crippen LogP contribution >= 0.6 is 0 Å². The van der Waals surface area contributed by atoms with Crippen LogP contribution in [0.15, 0.2) is 41.4 Å². The first kappa shape index (κ1) is 22.2. The number of methoxy groups -OCH3 is 3. The van der Waals surface area contributed by atoms with E-state index in [0.29, 0.717) is 42.9 Å². The fourth-order valence-corrected chi connectivity index (χ4v) is 2.86. The van der Waals surface area contributed by atoms with Crippen molar-refractivity contribution in [2.45, 2.75) is 26.9 Å². The lowest BCUT2D eigenvalue weighted by Gasteiger charge is -2.15. The Labute approximate surface area is 173 Å². The third-order valence-electron chi connectivity index (χ3n) is 4.21. The van der Waals surface area contributed by atoms with Crippen LogP contribution in [0.2, 0.25) is 0 Å². The van der Waals surface area contributed by atoms with Crippen molar-refractivity contribution in [3.63, 3.8) is 0 Å². The van der Waals surface area contributed by atoms with Crippen LogP contribution in [-0.4, -0.2) is 40.4 Å². The van der Waals surface area contributed by atoms with E-state index in [9.17, 15) is 0 Å². The molecule has 0 aliphatic carbocycles. The van der Waals surface area contributed by atoms with Gasteiger partial charge in [0.1, 0.15) is 5.75 Å². The Morgan fingerprint density at radius 1 is 0.897 bits per heavy atom. The SMILES string of the molecule is CCNC(=NCc1cc(OC)c(OC)c(OC)c1)NCc1ccccc1OCC. The summed E-state index contributed by atoms with van der Waals surface area (Å²) in [5.74, 6) is 3.39. The zero-order valence-electron chi connectivity index (χ0n) is 17.9. The predicted molar refractivity (Wildman–Crippen MR) is 115 cm³/mol. The van der Waals surface area contributed by atoms with Gasteiger partial charge in [0, 0.05) is 18.7 Å². The van der Waals surface area contributed by atoms with E-state index in [1.807, 2.05) is 50.2 Å². The summed E-state index contributed by atoms with van der Waals surface area (Å²) in [7, 11) is 4.79. The first-order chi connectivity index (χ1) is 14.2. The molecule has 158 valence electrons. The summed E-state index contributed by atoms with van der Waals surface area (Å²) >= 11 is 0. The summed E-state index contributed by atoms with van der Waals surface area (Å²) < 4.78 is 21.9. The molecule has 0 heterocycles. The molecule has 0 aromatic heterocycles. The molecule has 0 spiro atoms. The maximum absolute atomic E-state index is 5.69.